The van der Waals surface area contributed by atoms with Crippen molar-refractivity contribution in [1.29, 1.82) is 10.5 Å². The van der Waals surface area contributed by atoms with Gasteiger partial charge >= 0.3 is 0 Å². The number of halogens is 1. The maximum absolute atomic E-state index is 9.41. The molecule has 1 aromatic heterocycles. The van der Waals surface area contributed by atoms with Gasteiger partial charge < -0.3 is 4.74 Å². The van der Waals surface area contributed by atoms with Gasteiger partial charge in [-0.05, 0) is 65.1 Å². The number of aromatic nitrogens is 3. The second kappa shape index (κ2) is 7.06. The van der Waals surface area contributed by atoms with Crippen LogP contribution in [-0.4, -0.2) is 15.0 Å². The van der Waals surface area contributed by atoms with Crippen molar-refractivity contribution in [1.82, 2.24) is 15.0 Å². The monoisotopic (exact) mass is 463 g/mol. The molecule has 0 aliphatic heterocycles. The van der Waals surface area contributed by atoms with Crippen molar-refractivity contribution in [3.63, 3.8) is 0 Å². The molecule has 128 valence electrons. The lowest BCUT2D eigenvalue weighted by Gasteiger charge is -2.13. The van der Waals surface area contributed by atoms with Gasteiger partial charge in [-0.1, -0.05) is 17.3 Å². The molecule has 0 aliphatic rings. The van der Waals surface area contributed by atoms with E-state index in [1.807, 2.05) is 54.6 Å². The molecule has 0 spiro atoms. The van der Waals surface area contributed by atoms with Gasteiger partial charge in [0.1, 0.15) is 29.1 Å². The summed E-state index contributed by atoms with van der Waals surface area (Å²) in [5, 5.41) is 27.2. The first-order valence-corrected chi connectivity index (χ1v) is 9.00. The molecule has 0 atom stereocenters. The zero-order chi connectivity index (χ0) is 18.8. The van der Waals surface area contributed by atoms with Gasteiger partial charge in [0, 0.05) is 9.64 Å². The average molecular weight is 463 g/mol. The number of hydrogen-bond acceptors (Lipinski definition) is 5. The van der Waals surface area contributed by atoms with E-state index in [9.17, 15) is 10.5 Å². The van der Waals surface area contributed by atoms with E-state index in [-0.39, 0.29) is 11.1 Å². The Morgan fingerprint density at radius 2 is 1.63 bits per heavy atom. The Labute approximate surface area is 168 Å². The Morgan fingerprint density at radius 1 is 0.926 bits per heavy atom. The second-order valence-electron chi connectivity index (χ2n) is 5.64. The Bertz CT molecular complexity index is 1230. The first-order chi connectivity index (χ1) is 13.2. The number of ether oxygens (including phenoxy) is 1. The summed E-state index contributed by atoms with van der Waals surface area (Å²) in [7, 11) is 0. The molecule has 4 aromatic rings. The Balaban J connectivity index is 1.92. The average Bonchev–Trinajstić information content (AvgIpc) is 3.13. The molecule has 1 heterocycles. The van der Waals surface area contributed by atoms with E-state index in [0.717, 1.165) is 14.6 Å². The second-order valence-corrected chi connectivity index (χ2v) is 6.88. The Morgan fingerprint density at radius 3 is 2.37 bits per heavy atom. The lowest BCUT2D eigenvalue weighted by molar-refractivity contribution is 0.478. The molecule has 3 aromatic carbocycles. The molecule has 0 saturated carbocycles. The molecule has 27 heavy (non-hydrogen) atoms. The summed E-state index contributed by atoms with van der Waals surface area (Å²) in [4.78, 5) is 0. The number of hydrogen-bond donors (Lipinski definition) is 0. The molecule has 0 N–H and O–H groups in total. The zero-order valence-corrected chi connectivity index (χ0v) is 16.0. The van der Waals surface area contributed by atoms with Crippen molar-refractivity contribution in [3.8, 4) is 29.3 Å². The summed E-state index contributed by atoms with van der Waals surface area (Å²) < 4.78 is 8.72. The van der Waals surface area contributed by atoms with Crippen LogP contribution in [0.2, 0.25) is 0 Å². The maximum atomic E-state index is 9.41. The van der Waals surface area contributed by atoms with Crippen molar-refractivity contribution in [3.05, 3.63) is 75.4 Å². The third-order valence-electron chi connectivity index (χ3n) is 3.96. The highest BCUT2D eigenvalue weighted by molar-refractivity contribution is 14.1. The largest absolute Gasteiger partial charge is 0.455 e. The predicted octanol–water partition coefficient (Wildman–Crippen LogP) is 4.56. The first kappa shape index (κ1) is 17.0. The van der Waals surface area contributed by atoms with E-state index in [2.05, 4.69) is 39.0 Å². The molecular formula is C20H10IN5O. The number of fused-ring (bicyclic) bond motifs is 1. The van der Waals surface area contributed by atoms with E-state index < -0.39 is 0 Å². The van der Waals surface area contributed by atoms with E-state index in [1.165, 1.54) is 0 Å². The van der Waals surface area contributed by atoms with E-state index in [0.29, 0.717) is 17.2 Å². The third kappa shape index (κ3) is 3.21. The van der Waals surface area contributed by atoms with Crippen LogP contribution < -0.4 is 4.74 Å². The van der Waals surface area contributed by atoms with Crippen molar-refractivity contribution >= 4 is 33.6 Å². The summed E-state index contributed by atoms with van der Waals surface area (Å²) in [5.74, 6) is 1.04. The van der Waals surface area contributed by atoms with Crippen molar-refractivity contribution in [2.75, 3.05) is 0 Å². The quantitative estimate of drug-likeness (QED) is 0.416. The molecule has 4 rings (SSSR count). The highest BCUT2D eigenvalue weighted by Crippen LogP contribution is 2.32. The highest BCUT2D eigenvalue weighted by Gasteiger charge is 2.16. The summed E-state index contributed by atoms with van der Waals surface area (Å²) in [5.41, 5.74) is 2.53. The molecular weight excluding hydrogens is 453 g/mol. The minimum Gasteiger partial charge on any atom is -0.455 e. The summed E-state index contributed by atoms with van der Waals surface area (Å²) >= 11 is 2.22. The summed E-state index contributed by atoms with van der Waals surface area (Å²) in [6.07, 6.45) is 0. The van der Waals surface area contributed by atoms with Crippen LogP contribution in [-0.2, 0) is 0 Å². The standard InChI is InChI=1S/C20H10IN5O/c21-15-5-7-16(8-6-15)27-20-10-14(12-23)13(11-22)9-19(20)26-18-4-2-1-3-17(18)24-25-26/h1-10H. The van der Waals surface area contributed by atoms with Gasteiger partial charge in [-0.2, -0.15) is 10.5 Å². The molecule has 7 heteroatoms. The van der Waals surface area contributed by atoms with Crippen molar-refractivity contribution in [2.45, 2.75) is 0 Å². The number of benzene rings is 3. The lowest BCUT2D eigenvalue weighted by Crippen LogP contribution is -2.02. The molecule has 0 radical (unpaired) electrons. The van der Waals surface area contributed by atoms with Crippen LogP contribution in [0.3, 0.4) is 0 Å². The summed E-state index contributed by atoms with van der Waals surface area (Å²) in [6.45, 7) is 0. The van der Waals surface area contributed by atoms with Gasteiger partial charge in [-0.3, -0.25) is 0 Å². The maximum Gasteiger partial charge on any atom is 0.154 e. The molecule has 0 unspecified atom stereocenters. The van der Waals surface area contributed by atoms with Crippen molar-refractivity contribution < 1.29 is 4.74 Å². The lowest BCUT2D eigenvalue weighted by atomic mass is 10.1. The predicted molar refractivity (Wildman–Crippen MR) is 108 cm³/mol. The number of para-hydroxylation sites is 1. The molecule has 0 fully saturated rings. The number of nitrogens with zero attached hydrogens (tertiary/aromatic N) is 5. The number of nitriles is 2. The molecule has 0 bridgehead atoms. The van der Waals surface area contributed by atoms with Gasteiger partial charge in [-0.25, -0.2) is 4.68 Å². The third-order valence-corrected chi connectivity index (χ3v) is 4.68. The fourth-order valence-corrected chi connectivity index (χ4v) is 3.04. The minimum atomic E-state index is 0.242. The van der Waals surface area contributed by atoms with Gasteiger partial charge in [0.15, 0.2) is 5.75 Å². The molecule has 6 nitrogen and oxygen atoms in total. The van der Waals surface area contributed by atoms with Crippen LogP contribution in [0.4, 0.5) is 0 Å². The first-order valence-electron chi connectivity index (χ1n) is 7.92. The van der Waals surface area contributed by atoms with Crippen LogP contribution in [0, 0.1) is 26.2 Å². The van der Waals surface area contributed by atoms with Crippen LogP contribution in [0.5, 0.6) is 11.5 Å². The van der Waals surface area contributed by atoms with Gasteiger partial charge in [-0.15, -0.1) is 5.10 Å². The Kier molecular flexibility index (Phi) is 4.45. The van der Waals surface area contributed by atoms with Gasteiger partial charge in [0.2, 0.25) is 0 Å². The fourth-order valence-electron chi connectivity index (χ4n) is 2.68. The number of rotatable bonds is 3. The topological polar surface area (TPSA) is 87.5 Å². The van der Waals surface area contributed by atoms with Crippen LogP contribution in [0.1, 0.15) is 11.1 Å². The Hall–Kier alpha value is -3.43. The smallest absolute Gasteiger partial charge is 0.154 e. The highest BCUT2D eigenvalue weighted by atomic mass is 127. The van der Waals surface area contributed by atoms with Gasteiger partial charge in [0.05, 0.1) is 16.6 Å². The van der Waals surface area contributed by atoms with Crippen LogP contribution >= 0.6 is 22.6 Å². The molecule has 0 saturated heterocycles. The van der Waals surface area contributed by atoms with Crippen molar-refractivity contribution in [2.24, 2.45) is 0 Å². The van der Waals surface area contributed by atoms with E-state index in [4.69, 9.17) is 4.74 Å². The molecule has 0 amide bonds. The minimum absolute atomic E-state index is 0.242. The SMILES string of the molecule is N#Cc1cc(Oc2ccc(I)cc2)c(-n2nnc3ccccc32)cc1C#N. The van der Waals surface area contributed by atoms with Gasteiger partial charge in [0.25, 0.3) is 0 Å². The van der Waals surface area contributed by atoms with E-state index >= 15 is 0 Å². The normalized spacial score (nSPS) is 10.3. The van der Waals surface area contributed by atoms with Crippen LogP contribution in [0.25, 0.3) is 16.7 Å². The fraction of sp³-hybridized carbons (Fsp3) is 0. The summed E-state index contributed by atoms with van der Waals surface area (Å²) in [6, 6.07) is 22.3. The zero-order valence-electron chi connectivity index (χ0n) is 13.8. The van der Waals surface area contributed by atoms with E-state index in [1.54, 1.807) is 16.8 Å². The molecule has 0 aliphatic carbocycles. The van der Waals surface area contributed by atoms with Crippen LogP contribution in [0.15, 0.2) is 60.7 Å².